The number of rotatable bonds is 5. The molecule has 2 aromatic carbocycles. The molecule has 160 valence electrons. The molecule has 1 atom stereocenters. The van der Waals surface area contributed by atoms with Gasteiger partial charge >= 0.3 is 0 Å². The Morgan fingerprint density at radius 3 is 2.07 bits per heavy atom. The first kappa shape index (κ1) is 22.0. The highest BCUT2D eigenvalue weighted by atomic mass is 32.2. The molecule has 1 heterocycles. The fourth-order valence-corrected chi connectivity index (χ4v) is 5.55. The van der Waals surface area contributed by atoms with Gasteiger partial charge in [-0.05, 0) is 64.1 Å². The van der Waals surface area contributed by atoms with Crippen molar-refractivity contribution in [3.05, 3.63) is 54.1 Å². The Bertz CT molecular complexity index is 1050. The molecular weight excluding hydrogens is 404 g/mol. The number of hydrogen-bond acceptors (Lipinski definition) is 5. The summed E-state index contributed by atoms with van der Waals surface area (Å²) in [6.45, 7) is 7.03. The van der Waals surface area contributed by atoms with Gasteiger partial charge in [-0.25, -0.2) is 13.3 Å². The summed E-state index contributed by atoms with van der Waals surface area (Å²) >= 11 is 0. The maximum atomic E-state index is 13.5. The number of carbonyl (C=O) groups excluding carboxylic acids is 2. The number of aryl methyl sites for hydroxylation is 1. The van der Waals surface area contributed by atoms with Gasteiger partial charge in [0, 0.05) is 5.54 Å². The average Bonchev–Trinajstić information content (AvgIpc) is 2.95. The molecule has 0 aliphatic carbocycles. The third-order valence-corrected chi connectivity index (χ3v) is 7.16. The van der Waals surface area contributed by atoms with Crippen LogP contribution in [0.15, 0.2) is 53.4 Å². The molecule has 0 bridgehead atoms. The van der Waals surface area contributed by atoms with Gasteiger partial charge in [0.1, 0.15) is 11.8 Å². The third kappa shape index (κ3) is 3.97. The van der Waals surface area contributed by atoms with Crippen molar-refractivity contribution < 1.29 is 22.7 Å². The number of sulfonamides is 1. The summed E-state index contributed by atoms with van der Waals surface area (Å²) in [4.78, 5) is 27.1. The molecule has 1 aliphatic heterocycles. The number of methoxy groups -OCH3 is 1. The summed E-state index contributed by atoms with van der Waals surface area (Å²) in [5.74, 6) is -0.446. The molecule has 3 rings (SSSR count). The highest BCUT2D eigenvalue weighted by Gasteiger charge is 2.50. The van der Waals surface area contributed by atoms with Crippen LogP contribution in [0.3, 0.4) is 0 Å². The molecule has 0 saturated carbocycles. The number of benzene rings is 2. The van der Waals surface area contributed by atoms with Gasteiger partial charge in [0.05, 0.1) is 24.1 Å². The summed E-state index contributed by atoms with van der Waals surface area (Å²) in [5.41, 5.74) is 0.504. The second kappa shape index (κ2) is 7.85. The number of nitrogens with zero attached hydrogens (tertiary/aromatic N) is 2. The van der Waals surface area contributed by atoms with Gasteiger partial charge in [-0.15, -0.1) is 0 Å². The minimum atomic E-state index is -4.06. The van der Waals surface area contributed by atoms with Crippen molar-refractivity contribution in [2.24, 2.45) is 0 Å². The summed E-state index contributed by atoms with van der Waals surface area (Å²) in [5, 5.41) is 0. The molecule has 1 fully saturated rings. The number of hydrogen-bond donors (Lipinski definition) is 0. The first-order valence-electron chi connectivity index (χ1n) is 9.59. The topological polar surface area (TPSA) is 84.0 Å². The van der Waals surface area contributed by atoms with E-state index in [0.29, 0.717) is 11.4 Å². The molecular formula is C22H26N2O5S. The smallest absolute Gasteiger partial charge is 0.252 e. The van der Waals surface area contributed by atoms with E-state index in [1.165, 1.54) is 19.2 Å². The molecule has 0 aromatic heterocycles. The molecule has 1 aliphatic rings. The standard InChI is InChI=1S/C22H26N2O5S/c1-15-6-8-16(9-7-15)23-20(25)14-19(21(23)26)24(22(2,3)4)30(27,28)18-12-10-17(29-5)11-13-18/h6-13,19H,14H2,1-5H3. The summed E-state index contributed by atoms with van der Waals surface area (Å²) < 4.78 is 33.3. The van der Waals surface area contributed by atoms with E-state index in [9.17, 15) is 18.0 Å². The van der Waals surface area contributed by atoms with Gasteiger partial charge in [0.2, 0.25) is 15.9 Å². The number of anilines is 1. The van der Waals surface area contributed by atoms with Crippen LogP contribution in [0.1, 0.15) is 32.8 Å². The van der Waals surface area contributed by atoms with E-state index in [1.54, 1.807) is 57.2 Å². The molecule has 1 unspecified atom stereocenters. The van der Waals surface area contributed by atoms with Crippen LogP contribution in [0.5, 0.6) is 5.75 Å². The van der Waals surface area contributed by atoms with Crippen molar-refractivity contribution in [3.8, 4) is 5.75 Å². The van der Waals surface area contributed by atoms with Crippen molar-refractivity contribution in [3.63, 3.8) is 0 Å². The van der Waals surface area contributed by atoms with Gasteiger partial charge in [-0.3, -0.25) is 9.59 Å². The van der Waals surface area contributed by atoms with Crippen LogP contribution in [-0.4, -0.2) is 43.2 Å². The molecule has 0 radical (unpaired) electrons. The van der Waals surface area contributed by atoms with Crippen LogP contribution in [0.4, 0.5) is 5.69 Å². The van der Waals surface area contributed by atoms with Gasteiger partial charge in [0.15, 0.2) is 0 Å². The van der Waals surface area contributed by atoms with Crippen LogP contribution < -0.4 is 9.64 Å². The lowest BCUT2D eigenvalue weighted by molar-refractivity contribution is -0.122. The Hall–Kier alpha value is -2.71. The fourth-order valence-electron chi connectivity index (χ4n) is 3.62. The minimum absolute atomic E-state index is 0.0345. The molecule has 7 nitrogen and oxygen atoms in total. The van der Waals surface area contributed by atoms with E-state index in [0.717, 1.165) is 14.8 Å². The second-order valence-corrected chi connectivity index (χ2v) is 10.1. The van der Waals surface area contributed by atoms with E-state index in [2.05, 4.69) is 0 Å². The normalized spacial score (nSPS) is 17.7. The molecule has 0 N–H and O–H groups in total. The highest BCUT2D eigenvalue weighted by molar-refractivity contribution is 7.89. The number of amides is 2. The molecule has 0 spiro atoms. The van der Waals surface area contributed by atoms with Crippen LogP contribution >= 0.6 is 0 Å². The molecule has 2 aromatic rings. The minimum Gasteiger partial charge on any atom is -0.497 e. The van der Waals surface area contributed by atoms with Gasteiger partial charge in [0.25, 0.3) is 5.91 Å². The lowest BCUT2D eigenvalue weighted by Crippen LogP contribution is -2.54. The monoisotopic (exact) mass is 430 g/mol. The average molecular weight is 431 g/mol. The predicted octanol–water partition coefficient (Wildman–Crippen LogP) is 3.12. The highest BCUT2D eigenvalue weighted by Crippen LogP contribution is 2.34. The Morgan fingerprint density at radius 1 is 1.00 bits per heavy atom. The van der Waals surface area contributed by atoms with E-state index < -0.39 is 33.4 Å². The van der Waals surface area contributed by atoms with Gasteiger partial charge < -0.3 is 4.74 Å². The van der Waals surface area contributed by atoms with Crippen molar-refractivity contribution in [1.82, 2.24) is 4.31 Å². The van der Waals surface area contributed by atoms with Crippen LogP contribution in [0.25, 0.3) is 0 Å². The summed E-state index contributed by atoms with van der Waals surface area (Å²) in [7, 11) is -2.56. The molecule has 2 amide bonds. The largest absolute Gasteiger partial charge is 0.497 e. The molecule has 30 heavy (non-hydrogen) atoms. The second-order valence-electron chi connectivity index (χ2n) is 8.27. The van der Waals surface area contributed by atoms with Crippen LogP contribution in [0, 0.1) is 6.92 Å². The Morgan fingerprint density at radius 2 is 1.57 bits per heavy atom. The van der Waals surface area contributed by atoms with Crippen molar-refractivity contribution >= 4 is 27.5 Å². The molecule has 1 saturated heterocycles. The zero-order valence-electron chi connectivity index (χ0n) is 17.7. The fraction of sp³-hybridized carbons (Fsp3) is 0.364. The van der Waals surface area contributed by atoms with Crippen LogP contribution in [-0.2, 0) is 19.6 Å². The Kier molecular flexibility index (Phi) is 5.75. The maximum Gasteiger partial charge on any atom is 0.252 e. The SMILES string of the molecule is COc1ccc(S(=O)(=O)N(C2CC(=O)N(c3ccc(C)cc3)C2=O)C(C)(C)C)cc1. The number of ether oxygens (including phenoxy) is 1. The third-order valence-electron chi connectivity index (χ3n) is 4.98. The number of carbonyl (C=O) groups is 2. The maximum absolute atomic E-state index is 13.5. The molecule has 8 heteroatoms. The quantitative estimate of drug-likeness (QED) is 0.681. The van der Waals surface area contributed by atoms with Gasteiger partial charge in [-0.2, -0.15) is 4.31 Å². The summed E-state index contributed by atoms with van der Waals surface area (Å²) in [6, 6.07) is 11.8. The zero-order valence-corrected chi connectivity index (χ0v) is 18.6. The lowest BCUT2D eigenvalue weighted by Gasteiger charge is -2.37. The van der Waals surface area contributed by atoms with Crippen molar-refractivity contribution in [2.75, 3.05) is 12.0 Å². The number of imide groups is 1. The van der Waals surface area contributed by atoms with E-state index in [4.69, 9.17) is 4.74 Å². The predicted molar refractivity (Wildman–Crippen MR) is 114 cm³/mol. The first-order chi connectivity index (χ1) is 14.0. The lowest BCUT2D eigenvalue weighted by atomic mass is 10.1. The Balaban J connectivity index is 2.03. The van der Waals surface area contributed by atoms with E-state index >= 15 is 0 Å². The van der Waals surface area contributed by atoms with E-state index in [1.807, 2.05) is 6.92 Å². The van der Waals surface area contributed by atoms with Gasteiger partial charge in [-0.1, -0.05) is 17.7 Å². The Labute approximate surface area is 177 Å². The van der Waals surface area contributed by atoms with Crippen molar-refractivity contribution in [2.45, 2.75) is 50.6 Å². The van der Waals surface area contributed by atoms with E-state index in [-0.39, 0.29) is 11.3 Å². The first-order valence-corrected chi connectivity index (χ1v) is 11.0. The summed E-state index contributed by atoms with van der Waals surface area (Å²) in [6.07, 6.45) is -0.209. The van der Waals surface area contributed by atoms with Crippen molar-refractivity contribution in [1.29, 1.82) is 0 Å². The van der Waals surface area contributed by atoms with Crippen LogP contribution in [0.2, 0.25) is 0 Å². The zero-order chi connectivity index (χ0) is 22.3.